The Morgan fingerprint density at radius 1 is 1.47 bits per heavy atom. The van der Waals surface area contributed by atoms with E-state index in [1.54, 1.807) is 6.20 Å². The normalized spacial score (nSPS) is 25.2. The van der Waals surface area contributed by atoms with Gasteiger partial charge in [-0.05, 0) is 31.5 Å². The highest BCUT2D eigenvalue weighted by Crippen LogP contribution is 2.36. The molecular formula is C14H21ClN2S2. The number of hydrogen-bond donors (Lipinski definition) is 1. The Hall–Kier alpha value is 0.1000. The van der Waals surface area contributed by atoms with Gasteiger partial charge in [0.1, 0.15) is 0 Å². The molecule has 19 heavy (non-hydrogen) atoms. The molecule has 0 radical (unpaired) electrons. The van der Waals surface area contributed by atoms with Crippen LogP contribution >= 0.6 is 35.1 Å². The number of nitrogens with one attached hydrogen (secondary N) is 1. The number of halogens is 1. The second-order valence-corrected chi connectivity index (χ2v) is 7.76. The third kappa shape index (κ3) is 4.03. The van der Waals surface area contributed by atoms with Crippen molar-refractivity contribution < 1.29 is 0 Å². The molecule has 0 aromatic carbocycles. The van der Waals surface area contributed by atoms with E-state index >= 15 is 0 Å². The maximum atomic E-state index is 6.23. The summed E-state index contributed by atoms with van der Waals surface area (Å²) in [5, 5.41) is 5.69. The SMILES string of the molecule is CCC1SCCSC1C(Cc1ccncc1Cl)NC. The second-order valence-electron chi connectivity index (χ2n) is 4.72. The van der Waals surface area contributed by atoms with Crippen LogP contribution in [0.25, 0.3) is 0 Å². The highest BCUT2D eigenvalue weighted by molar-refractivity contribution is 8.07. The summed E-state index contributed by atoms with van der Waals surface area (Å²) < 4.78 is 0. The Bertz CT molecular complexity index is 403. The largest absolute Gasteiger partial charge is 0.316 e. The van der Waals surface area contributed by atoms with Crippen LogP contribution in [0, 0.1) is 0 Å². The van der Waals surface area contributed by atoms with Gasteiger partial charge in [0.2, 0.25) is 0 Å². The van der Waals surface area contributed by atoms with Crippen molar-refractivity contribution in [2.24, 2.45) is 0 Å². The standard InChI is InChI=1S/C14H21ClN2S2/c1-3-13-14(19-7-6-18-13)12(16-2)8-10-4-5-17-9-11(10)15/h4-5,9,12-14,16H,3,6-8H2,1-2H3. The van der Waals surface area contributed by atoms with Crippen LogP contribution in [0.2, 0.25) is 5.02 Å². The number of hydrogen-bond acceptors (Lipinski definition) is 4. The van der Waals surface area contributed by atoms with Gasteiger partial charge in [-0.15, -0.1) is 0 Å². The van der Waals surface area contributed by atoms with Gasteiger partial charge in [0.05, 0.1) is 5.02 Å². The Morgan fingerprint density at radius 3 is 2.95 bits per heavy atom. The van der Waals surface area contributed by atoms with E-state index in [-0.39, 0.29) is 0 Å². The first kappa shape index (κ1) is 15.5. The molecular weight excluding hydrogens is 296 g/mol. The van der Waals surface area contributed by atoms with E-state index in [9.17, 15) is 0 Å². The quantitative estimate of drug-likeness (QED) is 0.899. The van der Waals surface area contributed by atoms with E-state index in [4.69, 9.17) is 11.6 Å². The van der Waals surface area contributed by atoms with Crippen LogP contribution in [0.1, 0.15) is 18.9 Å². The van der Waals surface area contributed by atoms with Crippen LogP contribution in [0.4, 0.5) is 0 Å². The van der Waals surface area contributed by atoms with Crippen molar-refractivity contribution in [1.82, 2.24) is 10.3 Å². The van der Waals surface area contributed by atoms with Crippen LogP contribution in [0.3, 0.4) is 0 Å². The van der Waals surface area contributed by atoms with Crippen molar-refractivity contribution in [2.45, 2.75) is 36.3 Å². The number of pyridine rings is 1. The molecule has 5 heteroatoms. The summed E-state index contributed by atoms with van der Waals surface area (Å²) in [6.07, 6.45) is 5.79. The summed E-state index contributed by atoms with van der Waals surface area (Å²) in [7, 11) is 2.06. The molecule has 2 nitrogen and oxygen atoms in total. The monoisotopic (exact) mass is 316 g/mol. The predicted octanol–water partition coefficient (Wildman–Crippen LogP) is 3.49. The van der Waals surface area contributed by atoms with E-state index in [0.717, 1.165) is 16.7 Å². The van der Waals surface area contributed by atoms with Crippen LogP contribution < -0.4 is 5.32 Å². The Kier molecular flexibility index (Phi) is 6.33. The molecule has 1 saturated heterocycles. The minimum atomic E-state index is 0.475. The molecule has 0 bridgehead atoms. The maximum Gasteiger partial charge on any atom is 0.0621 e. The second kappa shape index (κ2) is 7.77. The Morgan fingerprint density at radius 2 is 2.26 bits per heavy atom. The van der Waals surface area contributed by atoms with Crippen molar-refractivity contribution in [1.29, 1.82) is 0 Å². The Balaban J connectivity index is 2.08. The molecule has 0 aliphatic carbocycles. The molecule has 106 valence electrons. The number of thioether (sulfide) groups is 2. The molecule has 3 atom stereocenters. The number of aromatic nitrogens is 1. The molecule has 2 heterocycles. The zero-order valence-electron chi connectivity index (χ0n) is 11.4. The topological polar surface area (TPSA) is 24.9 Å². The van der Waals surface area contributed by atoms with Gasteiger partial charge < -0.3 is 5.32 Å². The lowest BCUT2D eigenvalue weighted by atomic mass is 10.0. The van der Waals surface area contributed by atoms with Crippen molar-refractivity contribution in [3.63, 3.8) is 0 Å². The molecule has 1 fully saturated rings. The van der Waals surface area contributed by atoms with E-state index < -0.39 is 0 Å². The highest BCUT2D eigenvalue weighted by atomic mass is 35.5. The molecule has 1 aromatic heterocycles. The molecule has 0 amide bonds. The summed E-state index contributed by atoms with van der Waals surface area (Å²) in [6, 6.07) is 2.51. The lowest BCUT2D eigenvalue weighted by Crippen LogP contribution is -2.45. The van der Waals surface area contributed by atoms with Crippen LogP contribution in [-0.2, 0) is 6.42 Å². The first-order valence-electron chi connectivity index (χ1n) is 6.75. The van der Waals surface area contributed by atoms with Crippen LogP contribution in [0.15, 0.2) is 18.5 Å². The van der Waals surface area contributed by atoms with Crippen molar-refractivity contribution in [3.05, 3.63) is 29.0 Å². The zero-order chi connectivity index (χ0) is 13.7. The van der Waals surface area contributed by atoms with E-state index in [1.165, 1.54) is 23.5 Å². The number of rotatable bonds is 5. The third-order valence-corrected chi connectivity index (χ3v) is 7.31. The molecule has 0 spiro atoms. The van der Waals surface area contributed by atoms with Gasteiger partial charge in [-0.25, -0.2) is 0 Å². The maximum absolute atomic E-state index is 6.23. The summed E-state index contributed by atoms with van der Waals surface area (Å²) in [4.78, 5) is 4.06. The molecule has 3 unspecified atom stereocenters. The molecule has 1 N–H and O–H groups in total. The van der Waals surface area contributed by atoms with Crippen molar-refractivity contribution in [2.75, 3.05) is 18.6 Å². The number of nitrogens with zero attached hydrogens (tertiary/aromatic N) is 1. The zero-order valence-corrected chi connectivity index (χ0v) is 13.8. The summed E-state index contributed by atoms with van der Waals surface area (Å²) in [6.45, 7) is 2.29. The van der Waals surface area contributed by atoms with Gasteiger partial charge in [0.25, 0.3) is 0 Å². The summed E-state index contributed by atoms with van der Waals surface area (Å²) in [5.74, 6) is 2.54. The van der Waals surface area contributed by atoms with Crippen molar-refractivity contribution >= 4 is 35.1 Å². The van der Waals surface area contributed by atoms with Gasteiger partial charge in [-0.3, -0.25) is 4.98 Å². The molecule has 1 aliphatic heterocycles. The number of likely N-dealkylation sites (N-methyl/N-ethyl adjacent to an activating group) is 1. The van der Waals surface area contributed by atoms with E-state index in [1.807, 2.05) is 12.3 Å². The first-order valence-corrected chi connectivity index (χ1v) is 9.22. The fraction of sp³-hybridized carbons (Fsp3) is 0.643. The van der Waals surface area contributed by atoms with Gasteiger partial charge in [0, 0.05) is 40.4 Å². The minimum Gasteiger partial charge on any atom is -0.316 e. The molecule has 1 aliphatic rings. The van der Waals surface area contributed by atoms with Gasteiger partial charge in [-0.1, -0.05) is 18.5 Å². The van der Waals surface area contributed by atoms with Crippen LogP contribution in [0.5, 0.6) is 0 Å². The van der Waals surface area contributed by atoms with Gasteiger partial charge in [0.15, 0.2) is 0 Å². The third-order valence-electron chi connectivity index (χ3n) is 3.56. The predicted molar refractivity (Wildman–Crippen MR) is 88.6 cm³/mol. The first-order chi connectivity index (χ1) is 9.26. The fourth-order valence-corrected chi connectivity index (χ4v) is 6.00. The van der Waals surface area contributed by atoms with Gasteiger partial charge >= 0.3 is 0 Å². The Labute approximate surface area is 129 Å². The molecule has 0 saturated carbocycles. The average molecular weight is 317 g/mol. The van der Waals surface area contributed by atoms with Crippen molar-refractivity contribution in [3.8, 4) is 0 Å². The lowest BCUT2D eigenvalue weighted by Gasteiger charge is -2.36. The van der Waals surface area contributed by atoms with E-state index in [2.05, 4.69) is 47.8 Å². The van der Waals surface area contributed by atoms with Crippen LogP contribution in [-0.4, -0.2) is 40.1 Å². The molecule has 2 rings (SSSR count). The fourth-order valence-electron chi connectivity index (χ4n) is 2.50. The highest BCUT2D eigenvalue weighted by Gasteiger charge is 2.31. The summed E-state index contributed by atoms with van der Waals surface area (Å²) in [5.41, 5.74) is 1.20. The minimum absolute atomic E-state index is 0.475. The van der Waals surface area contributed by atoms with Gasteiger partial charge in [-0.2, -0.15) is 23.5 Å². The summed E-state index contributed by atoms with van der Waals surface area (Å²) >= 11 is 10.5. The van der Waals surface area contributed by atoms with E-state index in [0.29, 0.717) is 11.3 Å². The average Bonchev–Trinajstić information content (AvgIpc) is 2.46. The molecule has 1 aromatic rings. The lowest BCUT2D eigenvalue weighted by molar-refractivity contribution is 0.517. The smallest absolute Gasteiger partial charge is 0.0621 e.